The normalized spacial score (nSPS) is 13.4. The summed E-state index contributed by atoms with van der Waals surface area (Å²) in [6, 6.07) is 29.3. The van der Waals surface area contributed by atoms with Crippen LogP contribution in [0.4, 0.5) is 4.39 Å². The van der Waals surface area contributed by atoms with Gasteiger partial charge in [-0.05, 0) is 39.7 Å². The molecule has 0 spiro atoms. The molecule has 4 aromatic carbocycles. The zero-order valence-electron chi connectivity index (χ0n) is 19.3. The molecule has 35 heavy (non-hydrogen) atoms. The van der Waals surface area contributed by atoms with Crippen LogP contribution in [0.15, 0.2) is 91.0 Å². The minimum absolute atomic E-state index is 0.281. The smallest absolute Gasteiger partial charge is 0.167 e. The molecule has 0 fully saturated rings. The Balaban J connectivity index is 1.55. The highest BCUT2D eigenvalue weighted by atomic mass is 35.5. The van der Waals surface area contributed by atoms with Gasteiger partial charge < -0.3 is 0 Å². The van der Waals surface area contributed by atoms with Crippen molar-refractivity contribution in [1.82, 2.24) is 15.0 Å². The summed E-state index contributed by atoms with van der Waals surface area (Å²) in [4.78, 5) is 14.2. The molecule has 5 aromatic rings. The topological polar surface area (TPSA) is 38.7 Å². The van der Waals surface area contributed by atoms with Crippen molar-refractivity contribution in [2.75, 3.05) is 0 Å². The molecule has 170 valence electrons. The van der Waals surface area contributed by atoms with E-state index in [0.717, 1.165) is 11.1 Å². The molecule has 0 unspecified atom stereocenters. The maximum atomic E-state index is 14.9. The molecule has 0 amide bonds. The maximum absolute atomic E-state index is 14.9. The maximum Gasteiger partial charge on any atom is 0.167 e. The van der Waals surface area contributed by atoms with E-state index in [0.29, 0.717) is 22.2 Å². The highest BCUT2D eigenvalue weighted by molar-refractivity contribution is 7.03. The molecule has 0 radical (unpaired) electrons. The van der Waals surface area contributed by atoms with Gasteiger partial charge in [0.25, 0.3) is 0 Å². The van der Waals surface area contributed by atoms with Crippen LogP contribution in [-0.4, -0.2) is 23.0 Å². The quantitative estimate of drug-likeness (QED) is 0.270. The van der Waals surface area contributed by atoms with Crippen molar-refractivity contribution in [3.63, 3.8) is 0 Å². The van der Waals surface area contributed by atoms with Crippen LogP contribution in [-0.2, 0) is 0 Å². The summed E-state index contributed by atoms with van der Waals surface area (Å²) in [5, 5.41) is 3.13. The molecule has 0 N–H and O–H groups in total. The molecule has 1 aromatic heterocycles. The van der Waals surface area contributed by atoms with Crippen LogP contribution >= 0.6 is 11.6 Å². The zero-order valence-corrected chi connectivity index (χ0v) is 21.0. The third-order valence-electron chi connectivity index (χ3n) is 6.68. The molecular weight excluding hydrogens is 473 g/mol. The molecular formula is C29H21ClFN3Si. The second-order valence-electron chi connectivity index (χ2n) is 9.23. The lowest BCUT2D eigenvalue weighted by molar-refractivity contribution is 0.630. The summed E-state index contributed by atoms with van der Waals surface area (Å²) in [6.45, 7) is 4.75. The summed E-state index contributed by atoms with van der Waals surface area (Å²) in [5.41, 5.74) is 4.62. The standard InChI is InChI=1S/C29H21ClFN3Si/c1-35(2)25-11-7-6-10-21(25)22-14-12-19(16-26(22)35)28-32-27(18-8-4-3-5-9-18)33-29(34-28)23-15-13-20(30)17-24(23)31/h3-17H,1-2H3. The Bertz CT molecular complexity index is 1600. The van der Waals surface area contributed by atoms with Gasteiger partial charge in [-0.1, -0.05) is 97.5 Å². The molecule has 3 nitrogen and oxygen atoms in total. The van der Waals surface area contributed by atoms with Crippen molar-refractivity contribution in [1.29, 1.82) is 0 Å². The fraction of sp³-hybridized carbons (Fsp3) is 0.0690. The number of fused-ring (bicyclic) bond motifs is 3. The van der Waals surface area contributed by atoms with Crippen molar-refractivity contribution in [3.05, 3.63) is 102 Å². The number of hydrogen-bond acceptors (Lipinski definition) is 3. The zero-order chi connectivity index (χ0) is 24.2. The Morgan fingerprint density at radius 2 is 1.23 bits per heavy atom. The predicted molar refractivity (Wildman–Crippen MR) is 143 cm³/mol. The van der Waals surface area contributed by atoms with Gasteiger partial charge in [-0.3, -0.25) is 0 Å². The Morgan fingerprint density at radius 3 is 2.00 bits per heavy atom. The number of benzene rings is 4. The second kappa shape index (κ2) is 8.22. The van der Waals surface area contributed by atoms with Crippen molar-refractivity contribution in [2.24, 2.45) is 0 Å². The first kappa shape index (κ1) is 21.8. The number of rotatable bonds is 3. The van der Waals surface area contributed by atoms with E-state index in [2.05, 4.69) is 60.5 Å². The summed E-state index contributed by atoms with van der Waals surface area (Å²) in [5.74, 6) is 0.835. The van der Waals surface area contributed by atoms with E-state index < -0.39 is 13.9 Å². The van der Waals surface area contributed by atoms with Gasteiger partial charge in [-0.15, -0.1) is 0 Å². The Kier molecular flexibility index (Phi) is 5.13. The lowest BCUT2D eigenvalue weighted by atomic mass is 10.0. The monoisotopic (exact) mass is 493 g/mol. The van der Waals surface area contributed by atoms with Crippen LogP contribution in [0.25, 0.3) is 45.3 Å². The molecule has 6 heteroatoms. The largest absolute Gasteiger partial charge is 0.208 e. The molecule has 1 aliphatic rings. The molecule has 0 aliphatic carbocycles. The van der Waals surface area contributed by atoms with E-state index >= 15 is 0 Å². The van der Waals surface area contributed by atoms with E-state index in [9.17, 15) is 4.39 Å². The predicted octanol–water partition coefficient (Wildman–Crippen LogP) is 6.47. The third kappa shape index (κ3) is 3.68. The number of aromatic nitrogens is 3. The van der Waals surface area contributed by atoms with Gasteiger partial charge in [0.15, 0.2) is 17.5 Å². The van der Waals surface area contributed by atoms with Crippen LogP contribution in [0.5, 0.6) is 0 Å². The first-order valence-corrected chi connectivity index (χ1v) is 14.8. The fourth-order valence-electron chi connectivity index (χ4n) is 4.86. The minimum atomic E-state index is -1.86. The van der Waals surface area contributed by atoms with Gasteiger partial charge in [-0.2, -0.15) is 0 Å². The van der Waals surface area contributed by atoms with E-state index in [1.54, 1.807) is 12.1 Å². The van der Waals surface area contributed by atoms with Crippen LogP contribution in [0, 0.1) is 5.82 Å². The van der Waals surface area contributed by atoms with Gasteiger partial charge in [0.2, 0.25) is 0 Å². The Morgan fingerprint density at radius 1 is 0.600 bits per heavy atom. The molecule has 6 rings (SSSR count). The van der Waals surface area contributed by atoms with E-state index in [-0.39, 0.29) is 5.82 Å². The Hall–Kier alpha value is -3.67. The molecule has 0 saturated heterocycles. The number of nitrogens with zero attached hydrogens (tertiary/aromatic N) is 3. The van der Waals surface area contributed by atoms with E-state index in [1.807, 2.05) is 30.3 Å². The highest BCUT2D eigenvalue weighted by Gasteiger charge is 2.37. The second-order valence-corrected chi connectivity index (χ2v) is 14.0. The molecule has 1 aliphatic heterocycles. The number of hydrogen-bond donors (Lipinski definition) is 0. The third-order valence-corrected chi connectivity index (χ3v) is 10.5. The summed E-state index contributed by atoms with van der Waals surface area (Å²) in [7, 11) is -1.86. The molecule has 2 heterocycles. The van der Waals surface area contributed by atoms with Crippen LogP contribution in [0.2, 0.25) is 18.1 Å². The van der Waals surface area contributed by atoms with Crippen molar-refractivity contribution in [2.45, 2.75) is 13.1 Å². The summed E-state index contributed by atoms with van der Waals surface area (Å²) in [6.07, 6.45) is 0. The first-order chi connectivity index (χ1) is 16.9. The average Bonchev–Trinajstić information content (AvgIpc) is 3.11. The van der Waals surface area contributed by atoms with Gasteiger partial charge in [0.05, 0.1) is 5.56 Å². The van der Waals surface area contributed by atoms with Gasteiger partial charge >= 0.3 is 0 Å². The molecule has 0 bridgehead atoms. The number of halogens is 2. The molecule has 0 atom stereocenters. The van der Waals surface area contributed by atoms with Gasteiger partial charge in [-0.25, -0.2) is 19.3 Å². The SMILES string of the molecule is C[Si]1(C)c2ccccc2-c2ccc(-c3nc(-c4ccccc4)nc(-c4ccc(Cl)cc4F)n3)cc21. The van der Waals surface area contributed by atoms with Crippen molar-refractivity contribution >= 4 is 30.0 Å². The Labute approximate surface area is 209 Å². The fourth-order valence-corrected chi connectivity index (χ4v) is 8.12. The lowest BCUT2D eigenvalue weighted by Crippen LogP contribution is -2.49. The summed E-state index contributed by atoms with van der Waals surface area (Å²) < 4.78 is 14.9. The molecule has 0 saturated carbocycles. The average molecular weight is 494 g/mol. The summed E-state index contributed by atoms with van der Waals surface area (Å²) >= 11 is 5.99. The van der Waals surface area contributed by atoms with Crippen molar-refractivity contribution < 1.29 is 4.39 Å². The lowest BCUT2D eigenvalue weighted by Gasteiger charge is -2.19. The van der Waals surface area contributed by atoms with Gasteiger partial charge in [0.1, 0.15) is 13.9 Å². The first-order valence-electron chi connectivity index (χ1n) is 11.4. The highest BCUT2D eigenvalue weighted by Crippen LogP contribution is 2.32. The van der Waals surface area contributed by atoms with E-state index in [1.165, 1.54) is 27.6 Å². The van der Waals surface area contributed by atoms with Crippen LogP contribution < -0.4 is 10.4 Å². The van der Waals surface area contributed by atoms with Crippen molar-refractivity contribution in [3.8, 4) is 45.3 Å². The van der Waals surface area contributed by atoms with Crippen LogP contribution in [0.1, 0.15) is 0 Å². The van der Waals surface area contributed by atoms with Crippen LogP contribution in [0.3, 0.4) is 0 Å². The van der Waals surface area contributed by atoms with E-state index in [4.69, 9.17) is 21.6 Å². The minimum Gasteiger partial charge on any atom is -0.208 e. The van der Waals surface area contributed by atoms with Gasteiger partial charge in [0, 0.05) is 16.1 Å².